The fraction of sp³-hybridized carbons (Fsp3) is 0.185. The van der Waals surface area contributed by atoms with Gasteiger partial charge in [0.05, 0.1) is 28.5 Å². The van der Waals surface area contributed by atoms with Crippen LogP contribution in [-0.4, -0.2) is 28.8 Å². The maximum Gasteiger partial charge on any atom is 0.270 e. The number of aryl methyl sites for hydroxylation is 1. The van der Waals surface area contributed by atoms with Crippen molar-refractivity contribution in [1.82, 2.24) is 15.1 Å². The van der Waals surface area contributed by atoms with Gasteiger partial charge >= 0.3 is 0 Å². The number of methoxy groups -OCH3 is 1. The third-order valence-electron chi connectivity index (χ3n) is 5.56. The number of benzene rings is 3. The number of hydrogen-bond acceptors (Lipinski definition) is 3. The average molecular weight is 494 g/mol. The van der Waals surface area contributed by atoms with Gasteiger partial charge in [-0.25, -0.2) is 4.68 Å². The molecule has 0 aliphatic rings. The number of halogens is 2. The molecule has 4 rings (SSSR count). The van der Waals surface area contributed by atoms with E-state index in [0.29, 0.717) is 27.1 Å². The largest absolute Gasteiger partial charge is 0.497 e. The molecule has 0 bridgehead atoms. The van der Waals surface area contributed by atoms with E-state index in [1.807, 2.05) is 49.4 Å². The molecule has 0 saturated heterocycles. The Morgan fingerprint density at radius 1 is 1.00 bits per heavy atom. The van der Waals surface area contributed by atoms with Crippen LogP contribution in [0.3, 0.4) is 0 Å². The lowest BCUT2D eigenvalue weighted by Crippen LogP contribution is -2.34. The van der Waals surface area contributed by atoms with Crippen molar-refractivity contribution in [2.45, 2.75) is 25.8 Å². The summed E-state index contributed by atoms with van der Waals surface area (Å²) in [7, 11) is 1.62. The van der Waals surface area contributed by atoms with Gasteiger partial charge in [0, 0.05) is 11.6 Å². The van der Waals surface area contributed by atoms with Crippen LogP contribution in [0.2, 0.25) is 10.0 Å². The van der Waals surface area contributed by atoms with Crippen LogP contribution in [-0.2, 0) is 6.42 Å². The van der Waals surface area contributed by atoms with Crippen molar-refractivity contribution >= 4 is 29.1 Å². The smallest absolute Gasteiger partial charge is 0.270 e. The van der Waals surface area contributed by atoms with Gasteiger partial charge < -0.3 is 10.1 Å². The molecule has 7 heteroatoms. The van der Waals surface area contributed by atoms with Gasteiger partial charge in [-0.2, -0.15) is 5.10 Å². The normalized spacial score (nSPS) is 11.8. The molecule has 0 fully saturated rings. The summed E-state index contributed by atoms with van der Waals surface area (Å²) in [5.41, 5.74) is 3.83. The van der Waals surface area contributed by atoms with E-state index >= 15 is 0 Å². The number of hydrogen-bond donors (Lipinski definition) is 1. The lowest BCUT2D eigenvalue weighted by Gasteiger charge is -2.15. The van der Waals surface area contributed by atoms with Crippen molar-refractivity contribution in [2.24, 2.45) is 0 Å². The Hall–Kier alpha value is -3.28. The highest BCUT2D eigenvalue weighted by atomic mass is 35.5. The number of ether oxygens (including phenoxy) is 1. The van der Waals surface area contributed by atoms with Gasteiger partial charge in [-0.1, -0.05) is 53.5 Å². The summed E-state index contributed by atoms with van der Waals surface area (Å²) in [6.45, 7) is 2.01. The fourth-order valence-electron chi connectivity index (χ4n) is 3.66. The monoisotopic (exact) mass is 493 g/mol. The van der Waals surface area contributed by atoms with Gasteiger partial charge in [0.1, 0.15) is 11.4 Å². The summed E-state index contributed by atoms with van der Waals surface area (Å²) in [6, 6.07) is 24.7. The molecule has 174 valence electrons. The zero-order valence-electron chi connectivity index (χ0n) is 19.0. The van der Waals surface area contributed by atoms with Crippen LogP contribution in [0.4, 0.5) is 0 Å². The predicted octanol–water partition coefficient (Wildman–Crippen LogP) is 6.61. The van der Waals surface area contributed by atoms with E-state index in [-0.39, 0.29) is 11.9 Å². The van der Waals surface area contributed by atoms with Gasteiger partial charge in [-0.15, -0.1) is 0 Å². The second-order valence-electron chi connectivity index (χ2n) is 8.05. The molecule has 1 atom stereocenters. The van der Waals surface area contributed by atoms with E-state index in [2.05, 4.69) is 17.4 Å². The molecule has 5 nitrogen and oxygen atoms in total. The molecule has 0 spiro atoms. The summed E-state index contributed by atoms with van der Waals surface area (Å²) in [5, 5.41) is 8.65. The van der Waals surface area contributed by atoms with Crippen LogP contribution >= 0.6 is 23.2 Å². The number of nitrogens with zero attached hydrogens (tertiary/aromatic N) is 2. The van der Waals surface area contributed by atoms with E-state index < -0.39 is 0 Å². The highest BCUT2D eigenvalue weighted by Gasteiger charge is 2.20. The molecule has 1 N–H and O–H groups in total. The van der Waals surface area contributed by atoms with E-state index in [1.54, 1.807) is 36.1 Å². The molecule has 1 heterocycles. The van der Waals surface area contributed by atoms with Crippen molar-refractivity contribution in [3.63, 3.8) is 0 Å². The van der Waals surface area contributed by atoms with Gasteiger partial charge in [0.25, 0.3) is 5.91 Å². The van der Waals surface area contributed by atoms with Gasteiger partial charge in [-0.05, 0) is 73.9 Å². The number of rotatable bonds is 8. The molecule has 1 aromatic heterocycles. The molecule has 0 aliphatic carbocycles. The summed E-state index contributed by atoms with van der Waals surface area (Å²) in [4.78, 5) is 13.3. The SMILES string of the molecule is COc1ccc(-c2cc(C(=O)NC(C)CCc3ccccc3)n(-c3ccc(Cl)c(Cl)c3)n2)cc1. The van der Waals surface area contributed by atoms with Gasteiger partial charge in [-0.3, -0.25) is 4.79 Å². The summed E-state index contributed by atoms with van der Waals surface area (Å²) in [5.74, 6) is 0.539. The van der Waals surface area contributed by atoms with E-state index in [1.165, 1.54) is 5.56 Å². The number of carbonyl (C=O) groups excluding carboxylic acids is 1. The van der Waals surface area contributed by atoms with Crippen LogP contribution < -0.4 is 10.1 Å². The van der Waals surface area contributed by atoms with Crippen molar-refractivity contribution in [3.05, 3.63) is 100 Å². The first-order valence-electron chi connectivity index (χ1n) is 11.0. The summed E-state index contributed by atoms with van der Waals surface area (Å²) < 4.78 is 6.85. The second-order valence-corrected chi connectivity index (χ2v) is 8.87. The Morgan fingerprint density at radius 2 is 1.74 bits per heavy atom. The Morgan fingerprint density at radius 3 is 2.41 bits per heavy atom. The summed E-state index contributed by atoms with van der Waals surface area (Å²) >= 11 is 12.4. The van der Waals surface area contributed by atoms with Crippen molar-refractivity contribution < 1.29 is 9.53 Å². The molecule has 1 amide bonds. The van der Waals surface area contributed by atoms with Crippen LogP contribution in [0.5, 0.6) is 5.75 Å². The molecular formula is C27H25Cl2N3O2. The van der Waals surface area contributed by atoms with Crippen molar-refractivity contribution in [1.29, 1.82) is 0 Å². The quantitative estimate of drug-likeness (QED) is 0.300. The number of amides is 1. The zero-order chi connectivity index (χ0) is 24.1. The first-order valence-corrected chi connectivity index (χ1v) is 11.7. The molecular weight excluding hydrogens is 469 g/mol. The minimum absolute atomic E-state index is 0.0192. The van der Waals surface area contributed by atoms with Crippen LogP contribution in [0.1, 0.15) is 29.4 Å². The standard InChI is InChI=1S/C27H25Cl2N3O2/c1-18(8-9-19-6-4-3-5-7-19)30-27(33)26-17-25(20-10-13-22(34-2)14-11-20)31-32(26)21-12-15-23(28)24(29)16-21/h3-7,10-18H,8-9H2,1-2H3,(H,30,33). The van der Waals surface area contributed by atoms with Gasteiger partial charge in [0.15, 0.2) is 0 Å². The molecule has 3 aromatic carbocycles. The first-order chi connectivity index (χ1) is 16.4. The van der Waals surface area contributed by atoms with E-state index in [9.17, 15) is 4.79 Å². The predicted molar refractivity (Wildman–Crippen MR) is 137 cm³/mol. The molecule has 0 aliphatic heterocycles. The van der Waals surface area contributed by atoms with Crippen LogP contribution in [0.15, 0.2) is 78.9 Å². The maximum absolute atomic E-state index is 13.3. The average Bonchev–Trinajstić information content (AvgIpc) is 3.31. The van der Waals surface area contributed by atoms with Gasteiger partial charge in [0.2, 0.25) is 0 Å². The minimum Gasteiger partial charge on any atom is -0.497 e. The first kappa shape index (κ1) is 23.9. The van der Waals surface area contributed by atoms with Crippen molar-refractivity contribution in [3.8, 4) is 22.7 Å². The third kappa shape index (κ3) is 5.61. The lowest BCUT2D eigenvalue weighted by atomic mass is 10.1. The van der Waals surface area contributed by atoms with E-state index in [0.717, 1.165) is 24.2 Å². The molecule has 0 radical (unpaired) electrons. The highest BCUT2D eigenvalue weighted by molar-refractivity contribution is 6.42. The van der Waals surface area contributed by atoms with E-state index in [4.69, 9.17) is 33.0 Å². The van der Waals surface area contributed by atoms with Crippen LogP contribution in [0, 0.1) is 0 Å². The topological polar surface area (TPSA) is 56.1 Å². The third-order valence-corrected chi connectivity index (χ3v) is 6.30. The Labute approximate surface area is 209 Å². The number of aromatic nitrogens is 2. The molecule has 4 aromatic rings. The molecule has 0 saturated carbocycles. The second kappa shape index (κ2) is 10.8. The minimum atomic E-state index is -0.209. The summed E-state index contributed by atoms with van der Waals surface area (Å²) in [6.07, 6.45) is 1.70. The molecule has 1 unspecified atom stereocenters. The molecule has 34 heavy (non-hydrogen) atoms. The number of nitrogens with one attached hydrogen (secondary N) is 1. The fourth-order valence-corrected chi connectivity index (χ4v) is 3.95. The highest BCUT2D eigenvalue weighted by Crippen LogP contribution is 2.28. The Balaban J connectivity index is 1.61. The van der Waals surface area contributed by atoms with Crippen LogP contribution in [0.25, 0.3) is 16.9 Å². The van der Waals surface area contributed by atoms with Crippen molar-refractivity contribution in [2.75, 3.05) is 7.11 Å². The number of carbonyl (C=O) groups is 1. The maximum atomic E-state index is 13.3. The zero-order valence-corrected chi connectivity index (χ0v) is 20.5. The Bertz CT molecular complexity index is 1270. The lowest BCUT2D eigenvalue weighted by molar-refractivity contribution is 0.0930. The Kier molecular flexibility index (Phi) is 7.56.